The number of benzene rings is 1. The number of hydrogen-bond donors (Lipinski definition) is 2. The van der Waals surface area contributed by atoms with E-state index in [1.165, 1.54) is 5.56 Å². The zero-order valence-corrected chi connectivity index (χ0v) is 11.8. The van der Waals surface area contributed by atoms with Crippen LogP contribution in [0.3, 0.4) is 0 Å². The first-order valence-electron chi connectivity index (χ1n) is 6.67. The second-order valence-corrected chi connectivity index (χ2v) is 5.04. The number of rotatable bonds is 6. The molecule has 18 heavy (non-hydrogen) atoms. The van der Waals surface area contributed by atoms with Crippen LogP contribution in [-0.2, 0) is 4.79 Å². The lowest BCUT2D eigenvalue weighted by Crippen LogP contribution is -2.10. The van der Waals surface area contributed by atoms with E-state index in [9.17, 15) is 4.79 Å². The Kier molecular flexibility index (Phi) is 5.69. The van der Waals surface area contributed by atoms with Gasteiger partial charge in [0, 0.05) is 24.3 Å². The molecule has 1 rings (SSSR count). The summed E-state index contributed by atoms with van der Waals surface area (Å²) >= 11 is 0. The maximum Gasteiger partial charge on any atom is 0.224 e. The second-order valence-electron chi connectivity index (χ2n) is 5.04. The highest BCUT2D eigenvalue weighted by atomic mass is 16.1. The summed E-state index contributed by atoms with van der Waals surface area (Å²) in [7, 11) is 0. The van der Waals surface area contributed by atoms with Crippen LogP contribution in [-0.4, -0.2) is 12.5 Å². The van der Waals surface area contributed by atoms with E-state index in [0.717, 1.165) is 24.3 Å². The van der Waals surface area contributed by atoms with E-state index in [2.05, 4.69) is 31.4 Å². The average Bonchev–Trinajstić information content (AvgIpc) is 2.32. The van der Waals surface area contributed by atoms with Crippen molar-refractivity contribution < 1.29 is 4.79 Å². The minimum absolute atomic E-state index is 0.0481. The first-order valence-corrected chi connectivity index (χ1v) is 6.67. The van der Waals surface area contributed by atoms with Crippen molar-refractivity contribution in [1.29, 1.82) is 0 Å². The van der Waals surface area contributed by atoms with Crippen LogP contribution < -0.4 is 10.6 Å². The molecule has 3 heteroatoms. The summed E-state index contributed by atoms with van der Waals surface area (Å²) in [5.41, 5.74) is 3.16. The molecule has 0 fully saturated rings. The molecule has 1 aromatic carbocycles. The summed E-state index contributed by atoms with van der Waals surface area (Å²) in [6.07, 6.45) is 1.65. The van der Waals surface area contributed by atoms with Gasteiger partial charge in [-0.2, -0.15) is 0 Å². The number of amides is 1. The first-order chi connectivity index (χ1) is 8.52. The van der Waals surface area contributed by atoms with Crippen molar-refractivity contribution in [2.45, 2.75) is 40.5 Å². The van der Waals surface area contributed by atoms with Crippen LogP contribution in [0.15, 0.2) is 18.2 Å². The van der Waals surface area contributed by atoms with Crippen LogP contribution in [0.2, 0.25) is 0 Å². The fraction of sp³-hybridized carbons (Fsp3) is 0.533. The smallest absolute Gasteiger partial charge is 0.224 e. The van der Waals surface area contributed by atoms with Gasteiger partial charge in [-0.05, 0) is 37.0 Å². The molecule has 0 saturated heterocycles. The molecule has 0 aliphatic heterocycles. The number of nitrogens with one attached hydrogen (secondary N) is 2. The largest absolute Gasteiger partial charge is 0.385 e. The summed E-state index contributed by atoms with van der Waals surface area (Å²) in [5, 5.41) is 6.30. The topological polar surface area (TPSA) is 41.1 Å². The molecule has 0 atom stereocenters. The fourth-order valence-corrected chi connectivity index (χ4v) is 1.64. The van der Waals surface area contributed by atoms with Crippen molar-refractivity contribution in [2.24, 2.45) is 5.92 Å². The lowest BCUT2D eigenvalue weighted by atomic mass is 10.1. The Morgan fingerprint density at radius 2 is 2.06 bits per heavy atom. The van der Waals surface area contributed by atoms with E-state index in [0.29, 0.717) is 12.3 Å². The molecule has 1 aromatic rings. The standard InChI is InChI=1S/C15H24N2O/c1-5-15(18)17-13-7-6-12(4)14(10-13)16-9-8-11(2)3/h6-7,10-11,16H,5,8-9H2,1-4H3,(H,17,18). The Hall–Kier alpha value is -1.51. The Bertz CT molecular complexity index is 399. The van der Waals surface area contributed by atoms with Gasteiger partial charge in [-0.25, -0.2) is 0 Å². The molecule has 0 aromatic heterocycles. The van der Waals surface area contributed by atoms with Gasteiger partial charge in [0.05, 0.1) is 0 Å². The number of aryl methyl sites for hydroxylation is 1. The third-order valence-electron chi connectivity index (χ3n) is 2.88. The predicted molar refractivity (Wildman–Crippen MR) is 78.0 cm³/mol. The summed E-state index contributed by atoms with van der Waals surface area (Å²) in [5.74, 6) is 0.743. The summed E-state index contributed by atoms with van der Waals surface area (Å²) in [6.45, 7) is 9.32. The van der Waals surface area contributed by atoms with Crippen LogP contribution in [0.25, 0.3) is 0 Å². The number of carbonyl (C=O) groups excluding carboxylic acids is 1. The Morgan fingerprint density at radius 3 is 2.67 bits per heavy atom. The van der Waals surface area contributed by atoms with Crippen molar-refractivity contribution in [2.75, 3.05) is 17.2 Å². The van der Waals surface area contributed by atoms with E-state index in [4.69, 9.17) is 0 Å². The Balaban J connectivity index is 2.65. The van der Waals surface area contributed by atoms with Gasteiger partial charge in [0.1, 0.15) is 0 Å². The molecule has 2 N–H and O–H groups in total. The fourth-order valence-electron chi connectivity index (χ4n) is 1.64. The van der Waals surface area contributed by atoms with Crippen molar-refractivity contribution in [3.05, 3.63) is 23.8 Å². The van der Waals surface area contributed by atoms with Crippen LogP contribution >= 0.6 is 0 Å². The zero-order valence-electron chi connectivity index (χ0n) is 11.8. The minimum Gasteiger partial charge on any atom is -0.385 e. The molecule has 0 bridgehead atoms. The Labute approximate surface area is 110 Å². The predicted octanol–water partition coefficient (Wildman–Crippen LogP) is 3.80. The Morgan fingerprint density at radius 1 is 1.33 bits per heavy atom. The second kappa shape index (κ2) is 7.04. The lowest BCUT2D eigenvalue weighted by molar-refractivity contribution is -0.115. The van der Waals surface area contributed by atoms with Gasteiger partial charge < -0.3 is 10.6 Å². The first kappa shape index (κ1) is 14.6. The van der Waals surface area contributed by atoms with Crippen molar-refractivity contribution in [1.82, 2.24) is 0 Å². The van der Waals surface area contributed by atoms with Crippen LogP contribution in [0.1, 0.15) is 39.2 Å². The third-order valence-corrected chi connectivity index (χ3v) is 2.88. The average molecular weight is 248 g/mol. The van der Waals surface area contributed by atoms with Gasteiger partial charge >= 0.3 is 0 Å². The van der Waals surface area contributed by atoms with Gasteiger partial charge in [-0.1, -0.05) is 26.8 Å². The summed E-state index contributed by atoms with van der Waals surface area (Å²) < 4.78 is 0. The molecule has 0 spiro atoms. The number of anilines is 2. The zero-order chi connectivity index (χ0) is 13.5. The summed E-state index contributed by atoms with van der Waals surface area (Å²) in [6, 6.07) is 5.97. The molecule has 0 radical (unpaired) electrons. The molecule has 0 aliphatic rings. The highest BCUT2D eigenvalue weighted by Gasteiger charge is 2.03. The van der Waals surface area contributed by atoms with E-state index in [-0.39, 0.29) is 5.91 Å². The monoisotopic (exact) mass is 248 g/mol. The van der Waals surface area contributed by atoms with Crippen molar-refractivity contribution in [3.8, 4) is 0 Å². The number of carbonyl (C=O) groups is 1. The van der Waals surface area contributed by atoms with E-state index >= 15 is 0 Å². The lowest BCUT2D eigenvalue weighted by Gasteiger charge is -2.13. The maximum absolute atomic E-state index is 11.3. The molecule has 3 nitrogen and oxygen atoms in total. The van der Waals surface area contributed by atoms with Crippen molar-refractivity contribution >= 4 is 17.3 Å². The van der Waals surface area contributed by atoms with E-state index in [1.807, 2.05) is 25.1 Å². The van der Waals surface area contributed by atoms with Crippen molar-refractivity contribution in [3.63, 3.8) is 0 Å². The highest BCUT2D eigenvalue weighted by molar-refractivity contribution is 5.91. The highest BCUT2D eigenvalue weighted by Crippen LogP contribution is 2.20. The van der Waals surface area contributed by atoms with Gasteiger partial charge in [0.25, 0.3) is 0 Å². The molecule has 0 aliphatic carbocycles. The SMILES string of the molecule is CCC(=O)Nc1ccc(C)c(NCCC(C)C)c1. The molecular formula is C15H24N2O. The third kappa shape index (κ3) is 4.78. The molecule has 1 amide bonds. The molecular weight excluding hydrogens is 224 g/mol. The molecule has 100 valence electrons. The summed E-state index contributed by atoms with van der Waals surface area (Å²) in [4.78, 5) is 11.3. The van der Waals surface area contributed by atoms with Crippen LogP contribution in [0.5, 0.6) is 0 Å². The van der Waals surface area contributed by atoms with Gasteiger partial charge in [0.2, 0.25) is 5.91 Å². The van der Waals surface area contributed by atoms with Crippen LogP contribution in [0.4, 0.5) is 11.4 Å². The molecule has 0 saturated carbocycles. The maximum atomic E-state index is 11.3. The van der Waals surface area contributed by atoms with E-state index < -0.39 is 0 Å². The normalized spacial score (nSPS) is 10.5. The number of hydrogen-bond acceptors (Lipinski definition) is 2. The van der Waals surface area contributed by atoms with Crippen LogP contribution in [0, 0.1) is 12.8 Å². The quantitative estimate of drug-likeness (QED) is 0.804. The van der Waals surface area contributed by atoms with E-state index in [1.54, 1.807) is 0 Å². The minimum atomic E-state index is 0.0481. The molecule has 0 heterocycles. The molecule has 0 unspecified atom stereocenters. The van der Waals surface area contributed by atoms with Gasteiger partial charge in [-0.15, -0.1) is 0 Å². The van der Waals surface area contributed by atoms with Gasteiger partial charge in [-0.3, -0.25) is 4.79 Å². The van der Waals surface area contributed by atoms with Gasteiger partial charge in [0.15, 0.2) is 0 Å².